The Morgan fingerprint density at radius 3 is 3.05 bits per heavy atom. The van der Waals surface area contributed by atoms with Crippen molar-refractivity contribution in [3.63, 3.8) is 0 Å². The molecule has 0 saturated carbocycles. The molecule has 1 unspecified atom stereocenters. The second kappa shape index (κ2) is 6.17. The fourth-order valence-electron chi connectivity index (χ4n) is 1.51. The Hall–Kier alpha value is -2.39. The minimum atomic E-state index is -0.879. The number of methoxy groups -OCH3 is 1. The van der Waals surface area contributed by atoms with Gasteiger partial charge >= 0.3 is 0 Å². The molecule has 1 heterocycles. The fraction of sp³-hybridized carbons (Fsp3) is 0.273. The van der Waals surface area contributed by atoms with Crippen molar-refractivity contribution < 1.29 is 13.9 Å². The first-order chi connectivity index (χ1) is 9.61. The van der Waals surface area contributed by atoms with Crippen molar-refractivity contribution in [1.29, 1.82) is 0 Å². The van der Waals surface area contributed by atoms with Crippen LogP contribution >= 0.6 is 0 Å². The number of ether oxygens (including phenoxy) is 1. The van der Waals surface area contributed by atoms with Crippen molar-refractivity contribution in [3.8, 4) is 5.69 Å². The molecule has 0 bridgehead atoms. The van der Waals surface area contributed by atoms with Gasteiger partial charge in [-0.25, -0.2) is 9.07 Å². The quantitative estimate of drug-likeness (QED) is 0.779. The molecule has 0 saturated heterocycles. The summed E-state index contributed by atoms with van der Waals surface area (Å²) in [6.45, 7) is 0.0418. The second-order valence-corrected chi connectivity index (χ2v) is 3.97. The number of nitrogens with zero attached hydrogens (tertiary/aromatic N) is 4. The molecule has 0 spiro atoms. The van der Waals surface area contributed by atoms with E-state index in [0.717, 1.165) is 0 Å². The van der Waals surface area contributed by atoms with Crippen molar-refractivity contribution in [2.24, 2.45) is 5.73 Å². The van der Waals surface area contributed by atoms with Gasteiger partial charge in [0.1, 0.15) is 18.2 Å². The lowest BCUT2D eigenvalue weighted by atomic mass is 10.2. The van der Waals surface area contributed by atoms with Crippen LogP contribution < -0.4 is 11.1 Å². The number of hydrogen-bond donors (Lipinski definition) is 2. The van der Waals surface area contributed by atoms with E-state index in [1.54, 1.807) is 0 Å². The van der Waals surface area contributed by atoms with E-state index in [1.807, 2.05) is 0 Å². The van der Waals surface area contributed by atoms with Gasteiger partial charge in [0, 0.05) is 7.11 Å². The minimum absolute atomic E-state index is 0.00504. The molecule has 106 valence electrons. The zero-order valence-corrected chi connectivity index (χ0v) is 10.7. The first-order valence-electron chi connectivity index (χ1n) is 5.70. The molecule has 0 aliphatic rings. The summed E-state index contributed by atoms with van der Waals surface area (Å²) < 4.78 is 19.8. The van der Waals surface area contributed by atoms with Crippen LogP contribution in [0.3, 0.4) is 0 Å². The molecule has 8 nitrogen and oxygen atoms in total. The van der Waals surface area contributed by atoms with Crippen LogP contribution in [0.2, 0.25) is 0 Å². The van der Waals surface area contributed by atoms with E-state index in [-0.39, 0.29) is 12.3 Å². The number of nitrogens with two attached hydrogens (primary N) is 1. The molecule has 20 heavy (non-hydrogen) atoms. The Labute approximate surface area is 113 Å². The zero-order valence-electron chi connectivity index (χ0n) is 10.7. The molecule has 1 aromatic heterocycles. The Kier molecular flexibility index (Phi) is 4.33. The number of hydrogen-bond acceptors (Lipinski definition) is 6. The fourth-order valence-corrected chi connectivity index (χ4v) is 1.51. The van der Waals surface area contributed by atoms with Gasteiger partial charge in [0.15, 0.2) is 0 Å². The molecule has 1 aromatic carbocycles. The summed E-state index contributed by atoms with van der Waals surface area (Å²) in [5.74, 6) is -1.13. The molecule has 2 aromatic rings. The number of tetrazole rings is 1. The van der Waals surface area contributed by atoms with Crippen molar-refractivity contribution in [3.05, 3.63) is 30.3 Å². The molecular weight excluding hydrogens is 267 g/mol. The van der Waals surface area contributed by atoms with Gasteiger partial charge in [-0.3, -0.25) is 4.79 Å². The average molecular weight is 280 g/mol. The van der Waals surface area contributed by atoms with Gasteiger partial charge < -0.3 is 15.8 Å². The maximum absolute atomic E-state index is 13.7. The number of anilines is 1. The lowest BCUT2D eigenvalue weighted by Gasteiger charge is -2.12. The molecule has 9 heteroatoms. The van der Waals surface area contributed by atoms with Gasteiger partial charge in [-0.1, -0.05) is 0 Å². The van der Waals surface area contributed by atoms with Crippen molar-refractivity contribution in [2.75, 3.05) is 19.0 Å². The van der Waals surface area contributed by atoms with E-state index in [2.05, 4.69) is 20.8 Å². The lowest BCUT2D eigenvalue weighted by Crippen LogP contribution is -2.39. The van der Waals surface area contributed by atoms with Crippen LogP contribution in [-0.2, 0) is 9.53 Å². The first-order valence-corrected chi connectivity index (χ1v) is 5.70. The third-order valence-corrected chi connectivity index (χ3v) is 2.50. The summed E-state index contributed by atoms with van der Waals surface area (Å²) in [5, 5.41) is 13.0. The minimum Gasteiger partial charge on any atom is -0.383 e. The summed E-state index contributed by atoms with van der Waals surface area (Å²) in [7, 11) is 1.42. The topological polar surface area (TPSA) is 108 Å². The number of amides is 1. The number of benzene rings is 1. The second-order valence-electron chi connectivity index (χ2n) is 3.97. The maximum Gasteiger partial charge on any atom is 0.243 e. The van der Waals surface area contributed by atoms with Gasteiger partial charge in [0.05, 0.1) is 18.0 Å². The maximum atomic E-state index is 13.7. The molecule has 1 atom stereocenters. The zero-order chi connectivity index (χ0) is 14.5. The van der Waals surface area contributed by atoms with Crippen LogP contribution in [0, 0.1) is 5.82 Å². The van der Waals surface area contributed by atoms with E-state index in [4.69, 9.17) is 10.5 Å². The predicted octanol–water partition coefficient (Wildman–Crippen LogP) is -0.286. The van der Waals surface area contributed by atoms with Crippen molar-refractivity contribution in [1.82, 2.24) is 20.2 Å². The largest absolute Gasteiger partial charge is 0.383 e. The van der Waals surface area contributed by atoms with Gasteiger partial charge in [0.25, 0.3) is 0 Å². The Morgan fingerprint density at radius 1 is 1.60 bits per heavy atom. The van der Waals surface area contributed by atoms with E-state index in [0.29, 0.717) is 5.69 Å². The number of carbonyl (C=O) groups excluding carboxylic acids is 1. The smallest absolute Gasteiger partial charge is 0.243 e. The third kappa shape index (κ3) is 3.13. The highest BCUT2D eigenvalue weighted by Crippen LogP contribution is 2.18. The monoisotopic (exact) mass is 280 g/mol. The number of aromatic nitrogens is 4. The number of carbonyl (C=O) groups is 1. The van der Waals surface area contributed by atoms with Crippen LogP contribution in [0.15, 0.2) is 24.5 Å². The highest BCUT2D eigenvalue weighted by atomic mass is 19.1. The van der Waals surface area contributed by atoms with Crippen LogP contribution in [0.4, 0.5) is 10.1 Å². The first kappa shape index (κ1) is 14.0. The normalized spacial score (nSPS) is 12.2. The number of rotatable bonds is 5. The van der Waals surface area contributed by atoms with Gasteiger partial charge in [-0.2, -0.15) is 0 Å². The highest BCUT2D eigenvalue weighted by Gasteiger charge is 2.15. The number of nitrogens with one attached hydrogen (secondary N) is 1. The molecule has 0 aliphatic carbocycles. The summed E-state index contributed by atoms with van der Waals surface area (Å²) >= 11 is 0. The average Bonchev–Trinajstić information content (AvgIpc) is 2.95. The van der Waals surface area contributed by atoms with Gasteiger partial charge in [-0.05, 0) is 28.6 Å². The lowest BCUT2D eigenvalue weighted by molar-refractivity contribution is -0.118. The summed E-state index contributed by atoms with van der Waals surface area (Å²) in [4.78, 5) is 11.7. The Morgan fingerprint density at radius 2 is 2.40 bits per heavy atom. The van der Waals surface area contributed by atoms with Gasteiger partial charge in [0.2, 0.25) is 5.91 Å². The highest BCUT2D eigenvalue weighted by molar-refractivity contribution is 5.95. The predicted molar refractivity (Wildman–Crippen MR) is 67.6 cm³/mol. The molecule has 3 N–H and O–H groups in total. The third-order valence-electron chi connectivity index (χ3n) is 2.50. The van der Waals surface area contributed by atoms with Crippen molar-refractivity contribution >= 4 is 11.6 Å². The standard InChI is InChI=1S/C11H13FN6O2/c1-20-5-9(13)11(19)15-10-4-7(2-3-8(10)12)18-6-14-16-17-18/h2-4,6,9H,5,13H2,1H3,(H,15,19). The SMILES string of the molecule is COCC(N)C(=O)Nc1cc(-n2cnnn2)ccc1F. The molecule has 2 rings (SSSR count). The van der Waals surface area contributed by atoms with Crippen LogP contribution in [0.25, 0.3) is 5.69 Å². The molecular formula is C11H13FN6O2. The number of halogens is 1. The Balaban J connectivity index is 2.19. The van der Waals surface area contributed by atoms with Crippen LogP contribution in [0.1, 0.15) is 0 Å². The van der Waals surface area contributed by atoms with E-state index >= 15 is 0 Å². The summed E-state index contributed by atoms with van der Waals surface area (Å²) in [6, 6.07) is 3.21. The van der Waals surface area contributed by atoms with Crippen LogP contribution in [0.5, 0.6) is 0 Å². The van der Waals surface area contributed by atoms with Crippen LogP contribution in [-0.4, -0.2) is 45.9 Å². The summed E-state index contributed by atoms with van der Waals surface area (Å²) in [5.41, 5.74) is 6.06. The summed E-state index contributed by atoms with van der Waals surface area (Å²) in [6.07, 6.45) is 1.36. The molecule has 0 fully saturated rings. The van der Waals surface area contributed by atoms with E-state index in [9.17, 15) is 9.18 Å². The molecule has 1 amide bonds. The molecule has 0 radical (unpaired) electrons. The van der Waals surface area contributed by atoms with E-state index < -0.39 is 17.8 Å². The molecule has 0 aliphatic heterocycles. The van der Waals surface area contributed by atoms with Gasteiger partial charge in [-0.15, -0.1) is 5.10 Å². The Bertz CT molecular complexity index is 589. The van der Waals surface area contributed by atoms with E-state index in [1.165, 1.54) is 36.3 Å². The van der Waals surface area contributed by atoms with Crippen molar-refractivity contribution in [2.45, 2.75) is 6.04 Å².